The summed E-state index contributed by atoms with van der Waals surface area (Å²) in [5.74, 6) is -1.36. The van der Waals surface area contributed by atoms with E-state index in [0.717, 1.165) is 17.0 Å². The largest absolute Gasteiger partial charge is 0.416 e. The van der Waals surface area contributed by atoms with Crippen molar-refractivity contribution in [3.63, 3.8) is 0 Å². The third-order valence-electron chi connectivity index (χ3n) is 5.03. The van der Waals surface area contributed by atoms with Crippen molar-refractivity contribution < 1.29 is 22.8 Å². The molecule has 4 nitrogen and oxygen atoms in total. The average molecular weight is 422 g/mol. The lowest BCUT2D eigenvalue weighted by atomic mass is 10.0. The Labute approximate surface area is 176 Å². The lowest BCUT2D eigenvalue weighted by Crippen LogP contribution is -2.34. The van der Waals surface area contributed by atoms with Crippen LogP contribution in [0.25, 0.3) is 5.57 Å². The highest BCUT2D eigenvalue weighted by Gasteiger charge is 2.42. The first-order valence-electron chi connectivity index (χ1n) is 9.43. The Morgan fingerprint density at radius 3 is 2.00 bits per heavy atom. The standard InChI is InChI=1S/C24H17F3N2O2/c1-28(18-12-6-3-7-13-18)21-20(16-9-4-2-5-10-16)22(30)29(23(21)31)19-14-8-11-17(15-19)24(25,26)27/h2-15H,1H3. The van der Waals surface area contributed by atoms with Gasteiger partial charge in [-0.3, -0.25) is 9.59 Å². The Hall–Kier alpha value is -3.87. The van der Waals surface area contributed by atoms with Gasteiger partial charge < -0.3 is 4.90 Å². The number of amides is 2. The van der Waals surface area contributed by atoms with Gasteiger partial charge in [0, 0.05) is 12.7 Å². The Bertz CT molecular complexity index is 1170. The Morgan fingerprint density at radius 1 is 0.774 bits per heavy atom. The maximum atomic E-state index is 13.4. The second kappa shape index (κ2) is 7.75. The fourth-order valence-electron chi connectivity index (χ4n) is 3.53. The maximum Gasteiger partial charge on any atom is 0.416 e. The second-order valence-corrected chi connectivity index (χ2v) is 6.98. The molecule has 1 aliphatic rings. The first-order valence-corrected chi connectivity index (χ1v) is 9.43. The summed E-state index contributed by atoms with van der Waals surface area (Å²) in [7, 11) is 1.65. The van der Waals surface area contributed by atoms with E-state index < -0.39 is 23.6 Å². The molecule has 1 aliphatic heterocycles. The molecule has 0 aromatic heterocycles. The quantitative estimate of drug-likeness (QED) is 0.548. The number of hydrogen-bond acceptors (Lipinski definition) is 3. The molecule has 0 saturated carbocycles. The van der Waals surface area contributed by atoms with Crippen molar-refractivity contribution in [2.45, 2.75) is 6.18 Å². The summed E-state index contributed by atoms with van der Waals surface area (Å²) in [6.45, 7) is 0. The normalized spacial score (nSPS) is 14.4. The zero-order valence-corrected chi connectivity index (χ0v) is 16.4. The molecule has 0 radical (unpaired) electrons. The van der Waals surface area contributed by atoms with Gasteiger partial charge in [-0.15, -0.1) is 0 Å². The smallest absolute Gasteiger partial charge is 0.339 e. The van der Waals surface area contributed by atoms with E-state index >= 15 is 0 Å². The molecule has 0 N–H and O–H groups in total. The van der Waals surface area contributed by atoms with E-state index in [2.05, 4.69) is 0 Å². The third kappa shape index (κ3) is 3.70. The Kier molecular flexibility index (Phi) is 5.10. The first-order chi connectivity index (χ1) is 14.8. The van der Waals surface area contributed by atoms with E-state index in [1.54, 1.807) is 66.5 Å². The molecule has 7 heteroatoms. The topological polar surface area (TPSA) is 40.6 Å². The fraction of sp³-hybridized carbons (Fsp3) is 0.0833. The van der Waals surface area contributed by atoms with Crippen LogP contribution in [0.3, 0.4) is 0 Å². The first kappa shape index (κ1) is 20.4. The maximum absolute atomic E-state index is 13.4. The minimum absolute atomic E-state index is 0.0970. The number of carbonyl (C=O) groups excluding carboxylic acids is 2. The number of anilines is 2. The predicted molar refractivity (Wildman–Crippen MR) is 112 cm³/mol. The van der Waals surface area contributed by atoms with Crippen molar-refractivity contribution >= 4 is 28.8 Å². The number of para-hydroxylation sites is 1. The van der Waals surface area contributed by atoms with E-state index in [1.807, 2.05) is 6.07 Å². The molecule has 0 saturated heterocycles. The summed E-state index contributed by atoms with van der Waals surface area (Å²) in [6.07, 6.45) is -4.60. The lowest BCUT2D eigenvalue weighted by molar-refractivity contribution is -0.137. The molecule has 1 heterocycles. The number of nitrogens with zero attached hydrogens (tertiary/aromatic N) is 2. The van der Waals surface area contributed by atoms with Gasteiger partial charge in [0.15, 0.2) is 0 Å². The summed E-state index contributed by atoms with van der Waals surface area (Å²) in [5, 5.41) is 0. The molecule has 0 fully saturated rings. The molecule has 3 aromatic carbocycles. The number of rotatable bonds is 4. The van der Waals surface area contributed by atoms with Gasteiger partial charge in [-0.1, -0.05) is 54.6 Å². The van der Waals surface area contributed by atoms with E-state index in [0.29, 0.717) is 11.3 Å². The zero-order chi connectivity index (χ0) is 22.2. The fourth-order valence-corrected chi connectivity index (χ4v) is 3.53. The minimum atomic E-state index is -4.60. The highest BCUT2D eigenvalue weighted by atomic mass is 19.4. The van der Waals surface area contributed by atoms with Crippen LogP contribution in [0.1, 0.15) is 11.1 Å². The van der Waals surface area contributed by atoms with Crippen molar-refractivity contribution in [3.8, 4) is 0 Å². The van der Waals surface area contributed by atoms with Gasteiger partial charge in [-0.25, -0.2) is 4.90 Å². The number of benzene rings is 3. The molecule has 156 valence electrons. The van der Waals surface area contributed by atoms with E-state index in [1.165, 1.54) is 12.1 Å². The number of halogens is 3. The molecular weight excluding hydrogens is 405 g/mol. The van der Waals surface area contributed by atoms with Crippen LogP contribution in [0.2, 0.25) is 0 Å². The van der Waals surface area contributed by atoms with Crippen LogP contribution >= 0.6 is 0 Å². The molecule has 0 atom stereocenters. The third-order valence-corrected chi connectivity index (χ3v) is 5.03. The van der Waals surface area contributed by atoms with Gasteiger partial charge in [-0.2, -0.15) is 13.2 Å². The van der Waals surface area contributed by atoms with Gasteiger partial charge in [0.25, 0.3) is 11.8 Å². The van der Waals surface area contributed by atoms with Crippen molar-refractivity contribution in [3.05, 3.63) is 102 Å². The molecule has 2 amide bonds. The molecule has 31 heavy (non-hydrogen) atoms. The Morgan fingerprint density at radius 2 is 1.39 bits per heavy atom. The van der Waals surface area contributed by atoms with Crippen LogP contribution in [0.5, 0.6) is 0 Å². The lowest BCUT2D eigenvalue weighted by Gasteiger charge is -2.22. The molecular formula is C24H17F3N2O2. The van der Waals surface area contributed by atoms with Crippen LogP contribution in [0, 0.1) is 0 Å². The van der Waals surface area contributed by atoms with Gasteiger partial charge in [0.2, 0.25) is 0 Å². The molecule has 3 aromatic rings. The number of carbonyl (C=O) groups is 2. The van der Waals surface area contributed by atoms with Crippen LogP contribution in [0.4, 0.5) is 24.5 Å². The predicted octanol–water partition coefficient (Wildman–Crippen LogP) is 5.13. The highest BCUT2D eigenvalue weighted by Crippen LogP contribution is 2.38. The summed E-state index contributed by atoms with van der Waals surface area (Å²) in [5.41, 5.74) is 0.340. The molecule has 0 aliphatic carbocycles. The van der Waals surface area contributed by atoms with Crippen LogP contribution in [0.15, 0.2) is 90.6 Å². The van der Waals surface area contributed by atoms with Gasteiger partial charge in [0.1, 0.15) is 5.70 Å². The number of alkyl halides is 3. The Balaban J connectivity index is 1.86. The average Bonchev–Trinajstić information content (AvgIpc) is 3.04. The van der Waals surface area contributed by atoms with Crippen LogP contribution in [-0.4, -0.2) is 18.9 Å². The molecule has 0 spiro atoms. The monoisotopic (exact) mass is 422 g/mol. The molecule has 0 bridgehead atoms. The van der Waals surface area contributed by atoms with Crippen molar-refractivity contribution in [2.24, 2.45) is 0 Å². The minimum Gasteiger partial charge on any atom is -0.339 e. The molecule has 0 unspecified atom stereocenters. The van der Waals surface area contributed by atoms with Crippen molar-refractivity contribution in [1.82, 2.24) is 0 Å². The van der Waals surface area contributed by atoms with Crippen molar-refractivity contribution in [2.75, 3.05) is 16.8 Å². The number of hydrogen-bond donors (Lipinski definition) is 0. The summed E-state index contributed by atoms with van der Waals surface area (Å²) in [4.78, 5) is 29.1. The SMILES string of the molecule is CN(C1=C(c2ccccc2)C(=O)N(c2cccc(C(F)(F)F)c2)C1=O)c1ccccc1. The zero-order valence-electron chi connectivity index (χ0n) is 16.4. The number of imide groups is 1. The summed E-state index contributed by atoms with van der Waals surface area (Å²) in [6, 6.07) is 21.8. The molecule has 4 rings (SSSR count). The van der Waals surface area contributed by atoms with E-state index in [9.17, 15) is 22.8 Å². The van der Waals surface area contributed by atoms with Gasteiger partial charge in [-0.05, 0) is 35.9 Å². The van der Waals surface area contributed by atoms with Crippen LogP contribution in [-0.2, 0) is 15.8 Å². The van der Waals surface area contributed by atoms with Crippen molar-refractivity contribution in [1.29, 1.82) is 0 Å². The summed E-state index contributed by atoms with van der Waals surface area (Å²) < 4.78 is 39.6. The van der Waals surface area contributed by atoms with Crippen LogP contribution < -0.4 is 9.80 Å². The highest BCUT2D eigenvalue weighted by molar-refractivity contribution is 6.46. The summed E-state index contributed by atoms with van der Waals surface area (Å²) >= 11 is 0. The second-order valence-electron chi connectivity index (χ2n) is 6.98. The van der Waals surface area contributed by atoms with E-state index in [-0.39, 0.29) is 17.0 Å². The van der Waals surface area contributed by atoms with E-state index in [4.69, 9.17) is 0 Å². The van der Waals surface area contributed by atoms with Gasteiger partial charge in [0.05, 0.1) is 16.8 Å². The van der Waals surface area contributed by atoms with Gasteiger partial charge >= 0.3 is 6.18 Å². The number of likely N-dealkylation sites (N-methyl/N-ethyl adjacent to an activating group) is 1.